The summed E-state index contributed by atoms with van der Waals surface area (Å²) in [6, 6.07) is 12.9. The fraction of sp³-hybridized carbons (Fsp3) is 0.0769. The lowest BCUT2D eigenvalue weighted by atomic mass is 10.2. The number of pyridine rings is 1. The van der Waals surface area contributed by atoms with E-state index in [0.29, 0.717) is 11.6 Å². The topological polar surface area (TPSA) is 72.0 Å². The van der Waals surface area contributed by atoms with Crippen LogP contribution in [0, 0.1) is 12.3 Å². The Kier molecular flexibility index (Phi) is 4.68. The van der Waals surface area contributed by atoms with Gasteiger partial charge in [-0.25, -0.2) is 4.98 Å². The summed E-state index contributed by atoms with van der Waals surface area (Å²) in [5.74, 6) is 1.12. The first-order valence-electron chi connectivity index (χ1n) is 5.22. The van der Waals surface area contributed by atoms with E-state index in [0.717, 1.165) is 11.3 Å². The summed E-state index contributed by atoms with van der Waals surface area (Å²) in [7, 11) is 0. The van der Waals surface area contributed by atoms with Gasteiger partial charge in [-0.05, 0) is 24.6 Å². The molecule has 1 heterocycles. The largest absolute Gasteiger partial charge is 0.439 e. The molecule has 0 unspecified atom stereocenters. The van der Waals surface area contributed by atoms with E-state index in [-0.39, 0.29) is 18.2 Å². The summed E-state index contributed by atoms with van der Waals surface area (Å²) in [6.45, 7) is 1.96. The molecule has 0 bridgehead atoms. The second kappa shape index (κ2) is 6.02. The van der Waals surface area contributed by atoms with E-state index in [1.54, 1.807) is 18.2 Å². The number of amidine groups is 1. The molecule has 94 valence electrons. The van der Waals surface area contributed by atoms with Crippen LogP contribution in [0.15, 0.2) is 42.5 Å². The van der Waals surface area contributed by atoms with E-state index < -0.39 is 0 Å². The van der Waals surface area contributed by atoms with Gasteiger partial charge in [0.05, 0.1) is 0 Å². The van der Waals surface area contributed by atoms with Gasteiger partial charge >= 0.3 is 0 Å². The third-order valence-electron chi connectivity index (χ3n) is 2.31. The Hall–Kier alpha value is -2.07. The van der Waals surface area contributed by atoms with Crippen LogP contribution in [0.5, 0.6) is 11.6 Å². The third kappa shape index (κ3) is 3.21. The average molecular weight is 264 g/mol. The summed E-state index contributed by atoms with van der Waals surface area (Å²) in [5.41, 5.74) is 6.81. The molecule has 0 aliphatic rings. The number of aromatic nitrogens is 1. The lowest BCUT2D eigenvalue weighted by Gasteiger charge is -2.08. The Morgan fingerprint density at radius 1 is 1.17 bits per heavy atom. The molecule has 3 N–H and O–H groups in total. The number of nitrogens with one attached hydrogen (secondary N) is 1. The molecule has 1 aromatic carbocycles. The van der Waals surface area contributed by atoms with Crippen molar-refractivity contribution in [3.63, 3.8) is 0 Å². The van der Waals surface area contributed by atoms with E-state index in [2.05, 4.69) is 4.98 Å². The average Bonchev–Trinajstić information content (AvgIpc) is 2.32. The number of nitrogen functional groups attached to an aromatic ring is 1. The number of halogens is 1. The maximum absolute atomic E-state index is 7.31. The number of nitrogens with zero attached hydrogens (tertiary/aromatic N) is 1. The van der Waals surface area contributed by atoms with Gasteiger partial charge in [-0.1, -0.05) is 24.3 Å². The lowest BCUT2D eigenvalue weighted by Crippen LogP contribution is -2.13. The maximum atomic E-state index is 7.31. The van der Waals surface area contributed by atoms with Crippen LogP contribution in [-0.2, 0) is 0 Å². The molecule has 1 aromatic heterocycles. The van der Waals surface area contributed by atoms with Crippen LogP contribution < -0.4 is 10.5 Å². The maximum Gasteiger partial charge on any atom is 0.219 e. The Morgan fingerprint density at radius 3 is 2.56 bits per heavy atom. The highest BCUT2D eigenvalue weighted by molar-refractivity contribution is 5.93. The molecule has 0 atom stereocenters. The number of hydrogen-bond acceptors (Lipinski definition) is 3. The highest BCUT2D eigenvalue weighted by Gasteiger charge is 2.04. The molecule has 0 fully saturated rings. The van der Waals surface area contributed by atoms with E-state index in [9.17, 15) is 0 Å². The zero-order valence-corrected chi connectivity index (χ0v) is 10.7. The summed E-state index contributed by atoms with van der Waals surface area (Å²) >= 11 is 0. The van der Waals surface area contributed by atoms with Crippen molar-refractivity contribution >= 4 is 18.2 Å². The minimum absolute atomic E-state index is 0. The molecule has 0 aliphatic carbocycles. The minimum atomic E-state index is -0.0692. The van der Waals surface area contributed by atoms with Gasteiger partial charge in [-0.15, -0.1) is 12.4 Å². The number of ether oxygens (including phenoxy) is 1. The zero-order valence-electron chi connectivity index (χ0n) is 9.88. The van der Waals surface area contributed by atoms with Crippen molar-refractivity contribution in [2.75, 3.05) is 0 Å². The van der Waals surface area contributed by atoms with Crippen molar-refractivity contribution < 1.29 is 4.74 Å². The Labute approximate surface area is 112 Å². The number of aryl methyl sites for hydroxylation is 1. The molecule has 0 radical (unpaired) electrons. The van der Waals surface area contributed by atoms with E-state index in [4.69, 9.17) is 15.9 Å². The number of benzene rings is 1. The summed E-state index contributed by atoms with van der Waals surface area (Å²) in [4.78, 5) is 4.14. The van der Waals surface area contributed by atoms with Gasteiger partial charge in [-0.3, -0.25) is 5.41 Å². The number of hydrogen-bond donors (Lipinski definition) is 2. The van der Waals surface area contributed by atoms with Crippen molar-refractivity contribution in [1.82, 2.24) is 4.98 Å². The van der Waals surface area contributed by atoms with E-state index in [1.165, 1.54) is 0 Å². The molecular formula is C13H14ClN3O. The quantitative estimate of drug-likeness (QED) is 0.661. The highest BCUT2D eigenvalue weighted by atomic mass is 35.5. The summed E-state index contributed by atoms with van der Waals surface area (Å²) in [5, 5.41) is 7.31. The van der Waals surface area contributed by atoms with Crippen molar-refractivity contribution in [3.05, 3.63) is 53.7 Å². The van der Waals surface area contributed by atoms with Crippen molar-refractivity contribution in [1.29, 1.82) is 5.41 Å². The van der Waals surface area contributed by atoms with Crippen molar-refractivity contribution in [2.45, 2.75) is 6.92 Å². The fourth-order valence-electron chi connectivity index (χ4n) is 1.41. The Bertz CT molecular complexity index is 557. The first kappa shape index (κ1) is 14.0. The molecule has 0 saturated carbocycles. The van der Waals surface area contributed by atoms with Gasteiger partial charge in [0.15, 0.2) is 0 Å². The van der Waals surface area contributed by atoms with E-state index >= 15 is 0 Å². The van der Waals surface area contributed by atoms with Crippen LogP contribution in [0.3, 0.4) is 0 Å². The molecule has 0 aliphatic heterocycles. The standard InChI is InChI=1S/C13H13N3O.ClH/c1-9-5-2-3-7-11(9)17-12-8-4-6-10(16-12)13(14)15;/h2-8H,1H3,(H3,14,15);1H. The predicted octanol–water partition coefficient (Wildman–Crippen LogP) is 2.89. The minimum Gasteiger partial charge on any atom is -0.439 e. The number of para-hydroxylation sites is 1. The van der Waals surface area contributed by atoms with E-state index in [1.807, 2.05) is 31.2 Å². The van der Waals surface area contributed by atoms with Crippen molar-refractivity contribution in [3.8, 4) is 11.6 Å². The lowest BCUT2D eigenvalue weighted by molar-refractivity contribution is 0.459. The number of rotatable bonds is 3. The van der Waals surface area contributed by atoms with Crippen LogP contribution >= 0.6 is 12.4 Å². The summed E-state index contributed by atoms with van der Waals surface area (Å²) < 4.78 is 5.64. The predicted molar refractivity (Wildman–Crippen MR) is 73.8 cm³/mol. The molecule has 5 heteroatoms. The van der Waals surface area contributed by atoms with Gasteiger partial charge in [0, 0.05) is 6.07 Å². The SMILES string of the molecule is Cc1ccccc1Oc1cccc(C(=N)N)n1.Cl. The Balaban J connectivity index is 0.00000162. The summed E-state index contributed by atoms with van der Waals surface area (Å²) in [6.07, 6.45) is 0. The first-order valence-corrected chi connectivity index (χ1v) is 5.22. The highest BCUT2D eigenvalue weighted by Crippen LogP contribution is 2.22. The normalized spacial score (nSPS) is 9.39. The second-order valence-corrected chi connectivity index (χ2v) is 3.64. The van der Waals surface area contributed by atoms with Gasteiger partial charge < -0.3 is 10.5 Å². The first-order chi connectivity index (χ1) is 8.16. The monoisotopic (exact) mass is 263 g/mol. The fourth-order valence-corrected chi connectivity index (χ4v) is 1.41. The van der Waals surface area contributed by atoms with Gasteiger partial charge in [0.25, 0.3) is 0 Å². The van der Waals surface area contributed by atoms with Crippen LogP contribution in [0.25, 0.3) is 0 Å². The van der Waals surface area contributed by atoms with Gasteiger partial charge in [-0.2, -0.15) is 0 Å². The van der Waals surface area contributed by atoms with Crippen LogP contribution in [-0.4, -0.2) is 10.8 Å². The molecule has 0 spiro atoms. The molecule has 2 rings (SSSR count). The third-order valence-corrected chi connectivity index (χ3v) is 2.31. The molecular weight excluding hydrogens is 250 g/mol. The smallest absolute Gasteiger partial charge is 0.219 e. The van der Waals surface area contributed by atoms with Gasteiger partial charge in [0.1, 0.15) is 17.3 Å². The van der Waals surface area contributed by atoms with Crippen LogP contribution in [0.4, 0.5) is 0 Å². The number of nitrogens with two attached hydrogens (primary N) is 1. The molecule has 18 heavy (non-hydrogen) atoms. The molecule has 4 nitrogen and oxygen atoms in total. The van der Waals surface area contributed by atoms with Crippen molar-refractivity contribution in [2.24, 2.45) is 5.73 Å². The zero-order chi connectivity index (χ0) is 12.3. The molecule has 0 amide bonds. The Morgan fingerprint density at radius 2 is 1.89 bits per heavy atom. The van der Waals surface area contributed by atoms with Crippen LogP contribution in [0.1, 0.15) is 11.3 Å². The van der Waals surface area contributed by atoms with Crippen LogP contribution in [0.2, 0.25) is 0 Å². The second-order valence-electron chi connectivity index (χ2n) is 3.64. The molecule has 0 saturated heterocycles. The molecule has 2 aromatic rings. The van der Waals surface area contributed by atoms with Gasteiger partial charge in [0.2, 0.25) is 5.88 Å².